The van der Waals surface area contributed by atoms with Crippen molar-refractivity contribution in [1.82, 2.24) is 10.2 Å². The molecule has 2 aromatic rings. The monoisotopic (exact) mass is 303 g/mol. The number of fused-ring (bicyclic) bond motifs is 1. The Bertz CT molecular complexity index is 667. The maximum Gasteiger partial charge on any atom is 0.261 e. The van der Waals surface area contributed by atoms with Crippen LogP contribution in [-0.4, -0.2) is 36.5 Å². The molecule has 0 radical (unpaired) electrons. The summed E-state index contributed by atoms with van der Waals surface area (Å²) in [4.78, 5) is 15.5. The molecule has 3 rings (SSSR count). The number of nitrogens with one attached hydrogen (secondary N) is 1. The van der Waals surface area contributed by atoms with Gasteiger partial charge in [-0.2, -0.15) is 0 Å². The minimum Gasteiger partial charge on any atom is -0.399 e. The average molecular weight is 303 g/mol. The van der Waals surface area contributed by atoms with E-state index in [9.17, 15) is 4.79 Å². The van der Waals surface area contributed by atoms with E-state index < -0.39 is 0 Å². The van der Waals surface area contributed by atoms with Crippen LogP contribution in [0.15, 0.2) is 24.3 Å². The van der Waals surface area contributed by atoms with Crippen molar-refractivity contribution in [3.05, 3.63) is 29.1 Å². The van der Waals surface area contributed by atoms with Crippen LogP contribution in [0.2, 0.25) is 0 Å². The molecule has 1 saturated heterocycles. The number of anilines is 1. The van der Waals surface area contributed by atoms with Crippen LogP contribution >= 0.6 is 11.3 Å². The largest absolute Gasteiger partial charge is 0.399 e. The van der Waals surface area contributed by atoms with Gasteiger partial charge in [0, 0.05) is 29.0 Å². The molecule has 2 unspecified atom stereocenters. The summed E-state index contributed by atoms with van der Waals surface area (Å²) in [5, 5.41) is 4.22. The molecule has 0 saturated carbocycles. The average Bonchev–Trinajstić information content (AvgIpc) is 2.86. The lowest BCUT2D eigenvalue weighted by atomic mass is 9.99. The van der Waals surface area contributed by atoms with Crippen LogP contribution in [0.5, 0.6) is 0 Å². The summed E-state index contributed by atoms with van der Waals surface area (Å²) in [7, 11) is 2.14. The van der Waals surface area contributed by atoms with Crippen molar-refractivity contribution in [3.8, 4) is 0 Å². The van der Waals surface area contributed by atoms with Gasteiger partial charge in [-0.3, -0.25) is 4.79 Å². The number of nitrogen functional groups attached to an aromatic ring is 1. The van der Waals surface area contributed by atoms with E-state index in [2.05, 4.69) is 24.2 Å². The number of benzene rings is 1. The minimum absolute atomic E-state index is 0.0384. The Morgan fingerprint density at radius 3 is 3.00 bits per heavy atom. The number of rotatable bonds is 2. The molecule has 2 atom stereocenters. The highest BCUT2D eigenvalue weighted by atomic mass is 32.1. The molecule has 112 valence electrons. The van der Waals surface area contributed by atoms with Gasteiger partial charge < -0.3 is 16.0 Å². The van der Waals surface area contributed by atoms with Gasteiger partial charge in [0.05, 0.1) is 4.88 Å². The van der Waals surface area contributed by atoms with E-state index in [4.69, 9.17) is 5.73 Å². The number of amides is 1. The molecule has 1 aromatic carbocycles. The summed E-state index contributed by atoms with van der Waals surface area (Å²) in [5.74, 6) is 0.0384. The van der Waals surface area contributed by atoms with Crippen molar-refractivity contribution in [2.45, 2.75) is 31.8 Å². The first-order valence-electron chi connectivity index (χ1n) is 7.33. The molecule has 0 aliphatic carbocycles. The van der Waals surface area contributed by atoms with Crippen molar-refractivity contribution < 1.29 is 4.79 Å². The van der Waals surface area contributed by atoms with E-state index in [0.29, 0.717) is 6.04 Å². The normalized spacial score (nSPS) is 23.3. The third-order valence-electron chi connectivity index (χ3n) is 4.31. The maximum atomic E-state index is 12.4. The number of piperidine rings is 1. The second-order valence-electron chi connectivity index (χ2n) is 5.93. The predicted octanol–water partition coefficient (Wildman–Crippen LogP) is 2.70. The molecule has 3 N–H and O–H groups in total. The molecule has 0 bridgehead atoms. The van der Waals surface area contributed by atoms with Crippen molar-refractivity contribution >= 4 is 33.0 Å². The smallest absolute Gasteiger partial charge is 0.261 e. The summed E-state index contributed by atoms with van der Waals surface area (Å²) in [6.07, 6.45) is 2.03. The maximum absolute atomic E-state index is 12.4. The van der Waals surface area contributed by atoms with Gasteiger partial charge in [-0.1, -0.05) is 0 Å². The van der Waals surface area contributed by atoms with E-state index >= 15 is 0 Å². The summed E-state index contributed by atoms with van der Waals surface area (Å²) < 4.78 is 1.10. The summed E-state index contributed by atoms with van der Waals surface area (Å²) >= 11 is 1.53. The fourth-order valence-corrected chi connectivity index (χ4v) is 3.80. The Morgan fingerprint density at radius 2 is 2.24 bits per heavy atom. The molecule has 2 heterocycles. The van der Waals surface area contributed by atoms with E-state index in [0.717, 1.165) is 40.0 Å². The Balaban J connectivity index is 1.72. The first-order valence-corrected chi connectivity index (χ1v) is 8.15. The molecule has 1 aromatic heterocycles. The lowest BCUT2D eigenvalue weighted by Crippen LogP contribution is -2.47. The molecule has 1 aliphatic heterocycles. The second kappa shape index (κ2) is 5.66. The molecule has 1 fully saturated rings. The van der Waals surface area contributed by atoms with Gasteiger partial charge >= 0.3 is 0 Å². The topological polar surface area (TPSA) is 58.4 Å². The number of hydrogen-bond donors (Lipinski definition) is 2. The van der Waals surface area contributed by atoms with Crippen molar-refractivity contribution in [3.63, 3.8) is 0 Å². The van der Waals surface area contributed by atoms with Gasteiger partial charge in [-0.05, 0) is 56.5 Å². The molecule has 4 nitrogen and oxygen atoms in total. The van der Waals surface area contributed by atoms with Crippen molar-refractivity contribution in [2.75, 3.05) is 19.3 Å². The number of nitrogens with two attached hydrogens (primary N) is 1. The molecule has 21 heavy (non-hydrogen) atoms. The molecule has 0 spiro atoms. The zero-order valence-corrected chi connectivity index (χ0v) is 13.2. The van der Waals surface area contributed by atoms with Crippen LogP contribution < -0.4 is 11.1 Å². The van der Waals surface area contributed by atoms with Gasteiger partial charge in [0.25, 0.3) is 5.91 Å². The third-order valence-corrected chi connectivity index (χ3v) is 5.42. The number of thiophene rings is 1. The number of hydrogen-bond acceptors (Lipinski definition) is 4. The highest BCUT2D eigenvalue weighted by molar-refractivity contribution is 7.20. The van der Waals surface area contributed by atoms with Gasteiger partial charge in [-0.15, -0.1) is 11.3 Å². The fourth-order valence-electron chi connectivity index (χ4n) is 2.85. The lowest BCUT2D eigenvalue weighted by Gasteiger charge is -2.35. The van der Waals surface area contributed by atoms with Crippen LogP contribution in [0, 0.1) is 0 Å². The molecule has 5 heteroatoms. The van der Waals surface area contributed by atoms with E-state index in [-0.39, 0.29) is 11.9 Å². The Morgan fingerprint density at radius 1 is 1.43 bits per heavy atom. The Labute approximate surface area is 128 Å². The zero-order valence-electron chi connectivity index (χ0n) is 12.4. The number of likely N-dealkylation sites (tertiary alicyclic amines) is 1. The van der Waals surface area contributed by atoms with Crippen LogP contribution in [0.1, 0.15) is 29.4 Å². The van der Waals surface area contributed by atoms with E-state index in [1.807, 2.05) is 24.3 Å². The summed E-state index contributed by atoms with van der Waals surface area (Å²) in [5.41, 5.74) is 6.52. The van der Waals surface area contributed by atoms with E-state index in [1.54, 1.807) is 0 Å². The van der Waals surface area contributed by atoms with Crippen LogP contribution in [-0.2, 0) is 0 Å². The van der Waals surface area contributed by atoms with E-state index in [1.165, 1.54) is 11.3 Å². The standard InChI is InChI=1S/C16H21N3OS/c1-10-7-13(5-6-19(10)2)18-16(20)15-9-11-8-12(17)3-4-14(11)21-15/h3-4,8-10,13H,5-7,17H2,1-2H3,(H,18,20). The van der Waals surface area contributed by atoms with Crippen LogP contribution in [0.3, 0.4) is 0 Å². The number of carbonyl (C=O) groups is 1. The first-order chi connectivity index (χ1) is 10.0. The molecular formula is C16H21N3OS. The minimum atomic E-state index is 0.0384. The zero-order chi connectivity index (χ0) is 15.0. The lowest BCUT2D eigenvalue weighted by molar-refractivity contribution is 0.0900. The Kier molecular flexibility index (Phi) is 3.87. The second-order valence-corrected chi connectivity index (χ2v) is 7.02. The van der Waals surface area contributed by atoms with Crippen molar-refractivity contribution in [2.24, 2.45) is 0 Å². The van der Waals surface area contributed by atoms with Gasteiger partial charge in [0.2, 0.25) is 0 Å². The molecule has 1 aliphatic rings. The Hall–Kier alpha value is -1.59. The fraction of sp³-hybridized carbons (Fsp3) is 0.438. The third kappa shape index (κ3) is 3.04. The van der Waals surface area contributed by atoms with Gasteiger partial charge in [0.1, 0.15) is 0 Å². The van der Waals surface area contributed by atoms with Crippen LogP contribution in [0.4, 0.5) is 5.69 Å². The highest BCUT2D eigenvalue weighted by Gasteiger charge is 2.24. The molecular weight excluding hydrogens is 282 g/mol. The number of carbonyl (C=O) groups excluding carboxylic acids is 1. The number of nitrogens with zero attached hydrogens (tertiary/aromatic N) is 1. The molecule has 1 amide bonds. The van der Waals surface area contributed by atoms with Crippen LogP contribution in [0.25, 0.3) is 10.1 Å². The quantitative estimate of drug-likeness (QED) is 0.839. The highest BCUT2D eigenvalue weighted by Crippen LogP contribution is 2.27. The first kappa shape index (κ1) is 14.4. The summed E-state index contributed by atoms with van der Waals surface area (Å²) in [6.45, 7) is 3.25. The van der Waals surface area contributed by atoms with Crippen molar-refractivity contribution in [1.29, 1.82) is 0 Å². The SMILES string of the molecule is CC1CC(NC(=O)c2cc3cc(N)ccc3s2)CCN1C. The predicted molar refractivity (Wildman–Crippen MR) is 88.8 cm³/mol. The van der Waals surface area contributed by atoms with Gasteiger partial charge in [-0.25, -0.2) is 0 Å². The summed E-state index contributed by atoms with van der Waals surface area (Å²) in [6, 6.07) is 8.50. The van der Waals surface area contributed by atoms with Gasteiger partial charge in [0.15, 0.2) is 0 Å².